The molecule has 31 heavy (non-hydrogen) atoms. The van der Waals surface area contributed by atoms with Crippen LogP contribution in [0.3, 0.4) is 0 Å². The molecule has 7 heteroatoms. The number of hydrogen-bond acceptors (Lipinski definition) is 6. The van der Waals surface area contributed by atoms with Crippen molar-refractivity contribution in [3.8, 4) is 17.2 Å². The van der Waals surface area contributed by atoms with Crippen LogP contribution in [-0.4, -0.2) is 29.1 Å². The minimum Gasteiger partial charge on any atom is -0.506 e. The molecule has 1 heterocycles. The first-order valence-corrected chi connectivity index (χ1v) is 9.52. The first-order chi connectivity index (χ1) is 15.0. The number of amides is 1. The van der Waals surface area contributed by atoms with E-state index in [1.807, 2.05) is 12.1 Å². The maximum atomic E-state index is 13.0. The number of ether oxygens (including phenoxy) is 2. The summed E-state index contributed by atoms with van der Waals surface area (Å²) in [4.78, 5) is 30.0. The summed E-state index contributed by atoms with van der Waals surface area (Å²) in [5.41, 5.74) is 1.74. The van der Waals surface area contributed by atoms with Gasteiger partial charge in [0, 0.05) is 19.2 Å². The van der Waals surface area contributed by atoms with Crippen molar-refractivity contribution in [1.82, 2.24) is 4.98 Å². The highest BCUT2D eigenvalue weighted by molar-refractivity contribution is 6.04. The SMILES string of the molecule is COc1cc(/C=C/C(=O)N(Cc2ccccn2)c2ccccc2O)ccc1OC(C)=O. The van der Waals surface area contributed by atoms with Crippen LogP contribution in [0.25, 0.3) is 6.08 Å². The molecule has 0 atom stereocenters. The van der Waals surface area contributed by atoms with Crippen LogP contribution in [0.1, 0.15) is 18.2 Å². The lowest BCUT2D eigenvalue weighted by atomic mass is 10.1. The Morgan fingerprint density at radius 1 is 1.06 bits per heavy atom. The lowest BCUT2D eigenvalue weighted by Gasteiger charge is -2.22. The molecule has 0 aliphatic heterocycles. The highest BCUT2D eigenvalue weighted by Gasteiger charge is 2.18. The number of carbonyl (C=O) groups excluding carboxylic acids is 2. The molecular formula is C24H22N2O5. The van der Waals surface area contributed by atoms with Crippen molar-refractivity contribution in [2.75, 3.05) is 12.0 Å². The van der Waals surface area contributed by atoms with Gasteiger partial charge in [0.2, 0.25) is 0 Å². The molecule has 0 unspecified atom stereocenters. The van der Waals surface area contributed by atoms with Crippen molar-refractivity contribution in [1.29, 1.82) is 0 Å². The van der Waals surface area contributed by atoms with Gasteiger partial charge in [-0.3, -0.25) is 19.5 Å². The van der Waals surface area contributed by atoms with E-state index < -0.39 is 5.97 Å². The molecule has 0 saturated carbocycles. The molecule has 1 aromatic heterocycles. The van der Waals surface area contributed by atoms with E-state index >= 15 is 0 Å². The molecule has 0 spiro atoms. The number of phenols is 1. The van der Waals surface area contributed by atoms with Crippen LogP contribution in [0.15, 0.2) is 72.9 Å². The third-order valence-electron chi connectivity index (χ3n) is 4.34. The van der Waals surface area contributed by atoms with Gasteiger partial charge >= 0.3 is 5.97 Å². The Morgan fingerprint density at radius 2 is 1.84 bits per heavy atom. The number of aromatic hydroxyl groups is 1. The quantitative estimate of drug-likeness (QED) is 0.355. The summed E-state index contributed by atoms with van der Waals surface area (Å²) in [5, 5.41) is 10.3. The number of benzene rings is 2. The summed E-state index contributed by atoms with van der Waals surface area (Å²) in [5.74, 6) is -0.132. The van der Waals surface area contributed by atoms with Crippen molar-refractivity contribution in [2.45, 2.75) is 13.5 Å². The Hall–Kier alpha value is -4.13. The molecular weight excluding hydrogens is 396 g/mol. The standard InChI is InChI=1S/C24H22N2O5/c1-17(27)31-22-12-10-18(15-23(22)30-2)11-13-24(29)26(16-19-7-5-6-14-25-19)20-8-3-4-9-21(20)28/h3-15,28H,16H2,1-2H3/b13-11+. The van der Waals surface area contributed by atoms with Gasteiger partial charge in [-0.1, -0.05) is 24.3 Å². The maximum absolute atomic E-state index is 13.0. The van der Waals surface area contributed by atoms with Crippen molar-refractivity contribution in [3.05, 3.63) is 84.2 Å². The molecule has 0 aliphatic rings. The number of methoxy groups -OCH3 is 1. The highest BCUT2D eigenvalue weighted by atomic mass is 16.6. The van der Waals surface area contributed by atoms with E-state index in [0.29, 0.717) is 28.4 Å². The number of aromatic nitrogens is 1. The van der Waals surface area contributed by atoms with Crippen molar-refractivity contribution >= 4 is 23.6 Å². The number of carbonyl (C=O) groups is 2. The number of pyridine rings is 1. The summed E-state index contributed by atoms with van der Waals surface area (Å²) < 4.78 is 10.4. The van der Waals surface area contributed by atoms with Crippen molar-refractivity contribution < 1.29 is 24.2 Å². The third-order valence-corrected chi connectivity index (χ3v) is 4.34. The predicted molar refractivity (Wildman–Crippen MR) is 117 cm³/mol. The van der Waals surface area contributed by atoms with E-state index in [0.717, 1.165) is 0 Å². The summed E-state index contributed by atoms with van der Waals surface area (Å²) in [6.07, 6.45) is 4.67. The highest BCUT2D eigenvalue weighted by Crippen LogP contribution is 2.30. The molecule has 1 N–H and O–H groups in total. The minimum atomic E-state index is -0.454. The van der Waals surface area contributed by atoms with Crippen LogP contribution in [0, 0.1) is 0 Å². The van der Waals surface area contributed by atoms with Crippen LogP contribution < -0.4 is 14.4 Å². The smallest absolute Gasteiger partial charge is 0.308 e. The molecule has 0 bridgehead atoms. The summed E-state index contributed by atoms with van der Waals surface area (Å²) >= 11 is 0. The fraction of sp³-hybridized carbons (Fsp3) is 0.125. The molecule has 158 valence electrons. The zero-order valence-corrected chi connectivity index (χ0v) is 17.2. The van der Waals surface area contributed by atoms with E-state index in [4.69, 9.17) is 9.47 Å². The Balaban J connectivity index is 1.87. The number of phenolic OH excluding ortho intramolecular Hbond substituents is 1. The molecule has 3 rings (SSSR count). The van der Waals surface area contributed by atoms with Crippen molar-refractivity contribution in [2.24, 2.45) is 0 Å². The number of nitrogens with zero attached hydrogens (tertiary/aromatic N) is 2. The average molecular weight is 418 g/mol. The van der Waals surface area contributed by atoms with Gasteiger partial charge < -0.3 is 14.6 Å². The lowest BCUT2D eigenvalue weighted by Crippen LogP contribution is -2.29. The number of rotatable bonds is 7. The fourth-order valence-corrected chi connectivity index (χ4v) is 2.91. The second-order valence-electron chi connectivity index (χ2n) is 6.57. The molecule has 0 aliphatic carbocycles. The molecule has 3 aromatic rings. The van der Waals surface area contributed by atoms with Crippen LogP contribution in [0.4, 0.5) is 5.69 Å². The lowest BCUT2D eigenvalue weighted by molar-refractivity contribution is -0.132. The van der Waals surface area contributed by atoms with Gasteiger partial charge in [-0.2, -0.15) is 0 Å². The maximum Gasteiger partial charge on any atom is 0.308 e. The molecule has 0 saturated heterocycles. The minimum absolute atomic E-state index is 0.00687. The average Bonchev–Trinajstić information content (AvgIpc) is 2.77. The first-order valence-electron chi connectivity index (χ1n) is 9.52. The van der Waals surface area contributed by atoms with Crippen molar-refractivity contribution in [3.63, 3.8) is 0 Å². The Bertz CT molecular complexity index is 1100. The van der Waals surface area contributed by atoms with Gasteiger partial charge in [0.1, 0.15) is 5.75 Å². The Kier molecular flexibility index (Phi) is 7.01. The predicted octanol–water partition coefficient (Wildman–Crippen LogP) is 3.97. The number of hydrogen-bond donors (Lipinski definition) is 1. The second kappa shape index (κ2) is 10.1. The number of esters is 1. The van der Waals surface area contributed by atoms with Gasteiger partial charge in [0.15, 0.2) is 11.5 Å². The Morgan fingerprint density at radius 3 is 2.52 bits per heavy atom. The molecule has 0 radical (unpaired) electrons. The van der Waals surface area contributed by atoms with E-state index in [1.54, 1.807) is 54.7 Å². The monoisotopic (exact) mass is 418 g/mol. The number of para-hydroxylation sites is 2. The van der Waals surface area contributed by atoms with Crippen LogP contribution in [0.2, 0.25) is 0 Å². The molecule has 1 amide bonds. The zero-order chi connectivity index (χ0) is 22.2. The number of anilines is 1. The largest absolute Gasteiger partial charge is 0.506 e. The second-order valence-corrected chi connectivity index (χ2v) is 6.57. The van der Waals surface area contributed by atoms with Gasteiger partial charge in [-0.25, -0.2) is 0 Å². The van der Waals surface area contributed by atoms with E-state index in [1.165, 1.54) is 31.1 Å². The molecule has 2 aromatic carbocycles. The van der Waals surface area contributed by atoms with E-state index in [9.17, 15) is 14.7 Å². The fourth-order valence-electron chi connectivity index (χ4n) is 2.91. The van der Waals surface area contributed by atoms with Crippen LogP contribution in [-0.2, 0) is 16.1 Å². The Labute approximate surface area is 180 Å². The summed E-state index contributed by atoms with van der Waals surface area (Å²) in [6, 6.07) is 17.0. The van der Waals surface area contributed by atoms with Crippen LogP contribution in [0.5, 0.6) is 17.2 Å². The summed E-state index contributed by atoms with van der Waals surface area (Å²) in [7, 11) is 1.47. The van der Waals surface area contributed by atoms with E-state index in [-0.39, 0.29) is 18.2 Å². The zero-order valence-electron chi connectivity index (χ0n) is 17.2. The normalized spacial score (nSPS) is 10.6. The van der Waals surface area contributed by atoms with Gasteiger partial charge in [-0.15, -0.1) is 0 Å². The van der Waals surface area contributed by atoms with Gasteiger partial charge in [0.25, 0.3) is 5.91 Å². The summed E-state index contributed by atoms with van der Waals surface area (Å²) in [6.45, 7) is 1.50. The third kappa shape index (κ3) is 5.70. The van der Waals surface area contributed by atoms with Gasteiger partial charge in [-0.05, 0) is 48.0 Å². The molecule has 0 fully saturated rings. The first kappa shape index (κ1) is 21.6. The van der Waals surface area contributed by atoms with E-state index in [2.05, 4.69) is 4.98 Å². The van der Waals surface area contributed by atoms with Gasteiger partial charge in [0.05, 0.1) is 25.0 Å². The van der Waals surface area contributed by atoms with Crippen LogP contribution >= 0.6 is 0 Å². The molecule has 7 nitrogen and oxygen atoms in total. The topological polar surface area (TPSA) is 89.0 Å².